The maximum absolute atomic E-state index is 8.88. The van der Waals surface area contributed by atoms with Crippen LogP contribution in [0.5, 0.6) is 0 Å². The van der Waals surface area contributed by atoms with Crippen LogP contribution in [0.15, 0.2) is 0 Å². The average Bonchev–Trinajstić information content (AvgIpc) is 2.42. The Hall–Kier alpha value is 0.0700. The van der Waals surface area contributed by atoms with Gasteiger partial charge in [-0.15, -0.1) is 0 Å². The molecule has 136 valence electrons. The van der Waals surface area contributed by atoms with Crippen LogP contribution in [0.2, 0.25) is 0 Å². The number of hydrogen-bond donors (Lipinski definition) is 4. The Morgan fingerprint density at radius 3 is 1.05 bits per heavy atom. The van der Waals surface area contributed by atoms with E-state index in [2.05, 4.69) is 6.92 Å². The van der Waals surface area contributed by atoms with Crippen LogP contribution < -0.4 is 0 Å². The summed E-state index contributed by atoms with van der Waals surface area (Å²) in [5, 5.41) is 8.64. The first-order chi connectivity index (χ1) is 10.4. The lowest BCUT2D eigenvalue weighted by Gasteiger charge is -2.02. The van der Waals surface area contributed by atoms with Crippen molar-refractivity contribution >= 4 is 7.82 Å². The van der Waals surface area contributed by atoms with Gasteiger partial charge in [0.25, 0.3) is 0 Å². The van der Waals surface area contributed by atoms with Crippen LogP contribution in [0.1, 0.15) is 96.8 Å². The predicted octanol–water partition coefficient (Wildman–Crippen LogP) is 4.53. The minimum absolute atomic E-state index is 0.373. The predicted molar refractivity (Wildman–Crippen MR) is 91.7 cm³/mol. The first kappa shape index (κ1) is 24.3. The van der Waals surface area contributed by atoms with Crippen LogP contribution in [0.25, 0.3) is 0 Å². The van der Waals surface area contributed by atoms with Gasteiger partial charge in [-0.2, -0.15) is 0 Å². The molecule has 0 aromatic carbocycles. The maximum Gasteiger partial charge on any atom is 0.466 e. The molecule has 22 heavy (non-hydrogen) atoms. The molecule has 0 rings (SSSR count). The normalized spacial score (nSPS) is 11.1. The zero-order valence-electron chi connectivity index (χ0n) is 14.3. The lowest BCUT2D eigenvalue weighted by atomic mass is 10.0. The van der Waals surface area contributed by atoms with E-state index >= 15 is 0 Å². The summed E-state index contributed by atoms with van der Waals surface area (Å²) >= 11 is 0. The Morgan fingerprint density at radius 1 is 0.591 bits per heavy atom. The molecule has 4 N–H and O–H groups in total. The van der Waals surface area contributed by atoms with Crippen molar-refractivity contribution in [3.8, 4) is 0 Å². The van der Waals surface area contributed by atoms with E-state index in [0.717, 1.165) is 6.42 Å². The Bertz CT molecular complexity index is 220. The fraction of sp³-hybridized carbons (Fsp3) is 1.00. The van der Waals surface area contributed by atoms with Crippen molar-refractivity contribution in [2.75, 3.05) is 6.61 Å². The summed E-state index contributed by atoms with van der Waals surface area (Å²) in [5.74, 6) is 0. The molecule has 0 amide bonds. The second kappa shape index (κ2) is 19.1. The number of rotatable bonds is 14. The van der Waals surface area contributed by atoms with Crippen molar-refractivity contribution in [3.05, 3.63) is 0 Å². The molecule has 0 aliphatic heterocycles. The van der Waals surface area contributed by atoms with E-state index in [0.29, 0.717) is 6.61 Å². The van der Waals surface area contributed by atoms with E-state index in [1.54, 1.807) is 0 Å². The van der Waals surface area contributed by atoms with E-state index in [4.69, 9.17) is 24.4 Å². The van der Waals surface area contributed by atoms with Crippen molar-refractivity contribution in [3.63, 3.8) is 0 Å². The number of unbranched alkanes of at least 4 members (excludes halogenated alkanes) is 13. The van der Waals surface area contributed by atoms with Gasteiger partial charge < -0.3 is 19.8 Å². The number of hydrogen-bond acceptors (Lipinski definition) is 2. The Kier molecular flexibility index (Phi) is 21.1. The second-order valence-corrected chi connectivity index (χ2v) is 6.86. The monoisotopic (exact) mass is 340 g/mol. The minimum Gasteiger partial charge on any atom is -0.396 e. The molecule has 0 radical (unpaired) electrons. The second-order valence-electron chi connectivity index (χ2n) is 5.83. The van der Waals surface area contributed by atoms with Gasteiger partial charge in [0.1, 0.15) is 0 Å². The highest BCUT2D eigenvalue weighted by molar-refractivity contribution is 7.45. The SMILES string of the molecule is CCCCCCCCCCCCCCCCO.O=P(O)(O)O. The third-order valence-corrected chi connectivity index (χ3v) is 3.51. The van der Waals surface area contributed by atoms with Gasteiger partial charge in [0, 0.05) is 6.61 Å². The summed E-state index contributed by atoms with van der Waals surface area (Å²) in [7, 11) is -4.64. The highest BCUT2D eigenvalue weighted by Crippen LogP contribution is 2.25. The molecule has 0 aliphatic rings. The van der Waals surface area contributed by atoms with Gasteiger partial charge >= 0.3 is 7.82 Å². The van der Waals surface area contributed by atoms with Gasteiger partial charge in [-0.1, -0.05) is 90.4 Å². The molecular weight excluding hydrogens is 303 g/mol. The molecule has 0 bridgehead atoms. The van der Waals surface area contributed by atoms with Gasteiger partial charge in [-0.05, 0) is 6.42 Å². The van der Waals surface area contributed by atoms with Crippen LogP contribution in [-0.2, 0) is 4.57 Å². The molecule has 5 nitrogen and oxygen atoms in total. The minimum atomic E-state index is -4.64. The molecule has 0 fully saturated rings. The van der Waals surface area contributed by atoms with Crippen molar-refractivity contribution in [2.45, 2.75) is 96.8 Å². The van der Waals surface area contributed by atoms with Gasteiger partial charge in [0.05, 0.1) is 0 Å². The number of aliphatic hydroxyl groups excluding tert-OH is 1. The Morgan fingerprint density at radius 2 is 0.818 bits per heavy atom. The largest absolute Gasteiger partial charge is 0.466 e. The average molecular weight is 340 g/mol. The lowest BCUT2D eigenvalue weighted by molar-refractivity contribution is 0.275. The van der Waals surface area contributed by atoms with Crippen LogP contribution in [-0.4, -0.2) is 26.4 Å². The van der Waals surface area contributed by atoms with Crippen LogP contribution >= 0.6 is 7.82 Å². The standard InChI is InChI=1S/C16H34O.H3O4P/c1-2-3-4-5-6-7-8-9-10-11-12-13-14-15-16-17;1-5(2,3)4/h17H,2-16H2,1H3;(H3,1,2,3,4). The van der Waals surface area contributed by atoms with Crippen LogP contribution in [0.3, 0.4) is 0 Å². The molecule has 0 atom stereocenters. The molecule has 0 aliphatic carbocycles. The molecule has 0 saturated heterocycles. The van der Waals surface area contributed by atoms with Crippen LogP contribution in [0, 0.1) is 0 Å². The molecule has 0 unspecified atom stereocenters. The third kappa shape index (κ3) is 36.9. The molecule has 0 aromatic heterocycles. The number of aliphatic hydroxyl groups is 1. The van der Waals surface area contributed by atoms with Crippen molar-refractivity contribution < 1.29 is 24.4 Å². The van der Waals surface area contributed by atoms with Gasteiger partial charge in [-0.25, -0.2) is 4.57 Å². The summed E-state index contributed by atoms with van der Waals surface area (Å²) in [6.45, 7) is 2.65. The first-order valence-corrected chi connectivity index (χ1v) is 10.4. The molecule has 6 heteroatoms. The van der Waals surface area contributed by atoms with E-state index in [-0.39, 0.29) is 0 Å². The fourth-order valence-corrected chi connectivity index (χ4v) is 2.31. The topological polar surface area (TPSA) is 98.0 Å². The van der Waals surface area contributed by atoms with Crippen molar-refractivity contribution in [1.82, 2.24) is 0 Å². The first-order valence-electron chi connectivity index (χ1n) is 8.81. The van der Waals surface area contributed by atoms with E-state index in [9.17, 15) is 0 Å². The molecule has 0 saturated carbocycles. The van der Waals surface area contributed by atoms with E-state index in [1.807, 2.05) is 0 Å². The van der Waals surface area contributed by atoms with Crippen LogP contribution in [0.4, 0.5) is 0 Å². The molecule has 0 heterocycles. The van der Waals surface area contributed by atoms with Crippen molar-refractivity contribution in [1.29, 1.82) is 0 Å². The summed E-state index contributed by atoms with van der Waals surface area (Å²) in [6, 6.07) is 0. The smallest absolute Gasteiger partial charge is 0.396 e. The highest BCUT2D eigenvalue weighted by atomic mass is 31.2. The molecule has 0 spiro atoms. The van der Waals surface area contributed by atoms with Gasteiger partial charge in [-0.3, -0.25) is 0 Å². The van der Waals surface area contributed by atoms with E-state index < -0.39 is 7.82 Å². The molecule has 0 aromatic rings. The third-order valence-electron chi connectivity index (χ3n) is 3.51. The maximum atomic E-state index is 8.88. The summed E-state index contributed by atoms with van der Waals surface area (Å²) in [6.07, 6.45) is 19.2. The zero-order chi connectivity index (χ0) is 17.1. The highest BCUT2D eigenvalue weighted by Gasteiger charge is 2.00. The Balaban J connectivity index is 0. The summed E-state index contributed by atoms with van der Waals surface area (Å²) in [4.78, 5) is 21.6. The van der Waals surface area contributed by atoms with Gasteiger partial charge in [0.2, 0.25) is 0 Å². The van der Waals surface area contributed by atoms with Gasteiger partial charge in [0.15, 0.2) is 0 Å². The zero-order valence-corrected chi connectivity index (χ0v) is 15.1. The fourth-order valence-electron chi connectivity index (χ4n) is 2.31. The van der Waals surface area contributed by atoms with Crippen molar-refractivity contribution in [2.24, 2.45) is 0 Å². The number of phosphoric acid groups is 1. The van der Waals surface area contributed by atoms with E-state index in [1.165, 1.54) is 83.5 Å². The lowest BCUT2D eigenvalue weighted by Crippen LogP contribution is -1.84. The summed E-state index contributed by atoms with van der Waals surface area (Å²) in [5.41, 5.74) is 0. The quantitative estimate of drug-likeness (QED) is 0.275. The molecular formula is C16H37O5P. The Labute approximate surface area is 136 Å². The summed E-state index contributed by atoms with van der Waals surface area (Å²) < 4.78 is 8.88.